The van der Waals surface area contributed by atoms with Crippen molar-refractivity contribution in [1.29, 1.82) is 0 Å². The number of nitrogens with one attached hydrogen (secondary N) is 1. The number of aromatic nitrogens is 2. The van der Waals surface area contributed by atoms with E-state index in [1.54, 1.807) is 6.33 Å². The minimum Gasteiger partial charge on any atom is -0.352 e. The van der Waals surface area contributed by atoms with E-state index < -0.39 is 0 Å². The number of nitrogens with zero attached hydrogens (tertiary/aromatic N) is 3. The van der Waals surface area contributed by atoms with Gasteiger partial charge in [-0.25, -0.2) is 9.97 Å². The van der Waals surface area contributed by atoms with Crippen molar-refractivity contribution in [2.75, 3.05) is 16.8 Å². The van der Waals surface area contributed by atoms with Crippen LogP contribution in [0.4, 0.5) is 17.3 Å². The Kier molecular flexibility index (Phi) is 4.17. The van der Waals surface area contributed by atoms with Gasteiger partial charge in [0.1, 0.15) is 18.0 Å². The second-order valence-electron chi connectivity index (χ2n) is 5.83. The van der Waals surface area contributed by atoms with E-state index in [1.165, 1.54) is 11.1 Å². The molecule has 0 fully saturated rings. The summed E-state index contributed by atoms with van der Waals surface area (Å²) >= 11 is 3.45. The summed E-state index contributed by atoms with van der Waals surface area (Å²) < 4.78 is 1.06. The number of rotatable bonds is 3. The molecule has 0 saturated heterocycles. The molecule has 1 aromatic heterocycles. The number of anilines is 3. The number of fused-ring (bicyclic) bond motifs is 1. The molecule has 5 heteroatoms. The zero-order valence-corrected chi connectivity index (χ0v) is 14.7. The molecule has 2 heterocycles. The van der Waals surface area contributed by atoms with Crippen LogP contribution < -0.4 is 10.2 Å². The number of halogens is 1. The van der Waals surface area contributed by atoms with Gasteiger partial charge >= 0.3 is 0 Å². The predicted octanol–water partition coefficient (Wildman–Crippen LogP) is 4.55. The van der Waals surface area contributed by atoms with Crippen LogP contribution in [0, 0.1) is 0 Å². The summed E-state index contributed by atoms with van der Waals surface area (Å²) in [5.41, 5.74) is 3.83. The van der Waals surface area contributed by atoms with E-state index in [4.69, 9.17) is 0 Å². The highest BCUT2D eigenvalue weighted by Crippen LogP contribution is 2.25. The third kappa shape index (κ3) is 3.26. The fraction of sp³-hybridized carbons (Fsp3) is 0.158. The molecule has 3 aromatic rings. The average Bonchev–Trinajstić information content (AvgIpc) is 2.63. The lowest BCUT2D eigenvalue weighted by molar-refractivity contribution is 0.719. The van der Waals surface area contributed by atoms with Crippen molar-refractivity contribution in [2.24, 2.45) is 0 Å². The largest absolute Gasteiger partial charge is 0.352 e. The van der Waals surface area contributed by atoms with Crippen molar-refractivity contribution in [3.8, 4) is 0 Å². The van der Waals surface area contributed by atoms with E-state index in [9.17, 15) is 0 Å². The molecular formula is C19H17BrN4. The Morgan fingerprint density at radius 1 is 0.958 bits per heavy atom. The molecule has 0 radical (unpaired) electrons. The smallest absolute Gasteiger partial charge is 0.135 e. The summed E-state index contributed by atoms with van der Waals surface area (Å²) in [5, 5.41) is 3.33. The molecule has 0 bridgehead atoms. The zero-order valence-electron chi connectivity index (χ0n) is 13.1. The van der Waals surface area contributed by atoms with Gasteiger partial charge in [-0.05, 0) is 41.8 Å². The van der Waals surface area contributed by atoms with Gasteiger partial charge in [0.25, 0.3) is 0 Å². The molecule has 4 rings (SSSR count). The monoisotopic (exact) mass is 380 g/mol. The summed E-state index contributed by atoms with van der Waals surface area (Å²) in [5.74, 6) is 1.76. The highest BCUT2D eigenvalue weighted by molar-refractivity contribution is 9.10. The van der Waals surface area contributed by atoms with Gasteiger partial charge in [-0.1, -0.05) is 40.2 Å². The molecule has 0 spiro atoms. The molecule has 4 nitrogen and oxygen atoms in total. The average molecular weight is 381 g/mol. The summed E-state index contributed by atoms with van der Waals surface area (Å²) in [7, 11) is 0. The zero-order chi connectivity index (χ0) is 16.4. The molecule has 0 atom stereocenters. The van der Waals surface area contributed by atoms with Gasteiger partial charge in [0.15, 0.2) is 0 Å². The van der Waals surface area contributed by atoms with Crippen LogP contribution in [-0.4, -0.2) is 16.5 Å². The summed E-state index contributed by atoms with van der Waals surface area (Å²) in [6.45, 7) is 1.87. The Balaban J connectivity index is 1.54. The van der Waals surface area contributed by atoms with Gasteiger partial charge in [0.05, 0.1) is 0 Å². The van der Waals surface area contributed by atoms with Gasteiger partial charge in [0.2, 0.25) is 0 Å². The van der Waals surface area contributed by atoms with Crippen LogP contribution >= 0.6 is 15.9 Å². The highest BCUT2D eigenvalue weighted by Gasteiger charge is 2.17. The summed E-state index contributed by atoms with van der Waals surface area (Å²) in [6.07, 6.45) is 2.67. The van der Waals surface area contributed by atoms with Crippen molar-refractivity contribution < 1.29 is 0 Å². The maximum absolute atomic E-state index is 4.46. The second-order valence-corrected chi connectivity index (χ2v) is 6.75. The molecule has 1 aliphatic heterocycles. The molecular weight excluding hydrogens is 364 g/mol. The van der Waals surface area contributed by atoms with Gasteiger partial charge in [0, 0.05) is 29.3 Å². The Labute approximate surface area is 149 Å². The molecule has 1 N–H and O–H groups in total. The van der Waals surface area contributed by atoms with Crippen molar-refractivity contribution in [2.45, 2.75) is 13.0 Å². The van der Waals surface area contributed by atoms with Crippen LogP contribution in [0.25, 0.3) is 0 Å². The topological polar surface area (TPSA) is 41.0 Å². The van der Waals surface area contributed by atoms with Crippen LogP contribution in [0.2, 0.25) is 0 Å². The molecule has 0 unspecified atom stereocenters. The van der Waals surface area contributed by atoms with Crippen LogP contribution in [0.15, 0.2) is 65.4 Å². The first-order valence-corrected chi connectivity index (χ1v) is 8.73. The van der Waals surface area contributed by atoms with Gasteiger partial charge < -0.3 is 10.2 Å². The van der Waals surface area contributed by atoms with Crippen molar-refractivity contribution in [3.05, 3.63) is 76.5 Å². The van der Waals surface area contributed by atoms with Gasteiger partial charge in [-0.3, -0.25) is 0 Å². The normalized spacial score (nSPS) is 13.5. The van der Waals surface area contributed by atoms with E-state index in [1.807, 2.05) is 30.3 Å². The van der Waals surface area contributed by atoms with Crippen LogP contribution in [-0.2, 0) is 13.0 Å². The molecule has 1 aliphatic rings. The Morgan fingerprint density at radius 2 is 1.75 bits per heavy atom. The van der Waals surface area contributed by atoms with E-state index >= 15 is 0 Å². The van der Waals surface area contributed by atoms with Gasteiger partial charge in [-0.15, -0.1) is 0 Å². The van der Waals surface area contributed by atoms with Crippen molar-refractivity contribution in [3.63, 3.8) is 0 Å². The molecule has 0 saturated carbocycles. The Morgan fingerprint density at radius 3 is 2.58 bits per heavy atom. The minimum absolute atomic E-state index is 0.807. The molecule has 2 aromatic carbocycles. The highest BCUT2D eigenvalue weighted by atomic mass is 79.9. The first kappa shape index (κ1) is 15.1. The van der Waals surface area contributed by atoms with Crippen LogP contribution in [0.1, 0.15) is 11.1 Å². The lowest BCUT2D eigenvalue weighted by Gasteiger charge is -2.29. The maximum atomic E-state index is 4.46. The van der Waals surface area contributed by atoms with Crippen molar-refractivity contribution >= 4 is 33.3 Å². The lowest BCUT2D eigenvalue weighted by atomic mass is 10.00. The SMILES string of the molecule is Brc1ccc(Nc2cc(N3CCc4ccccc4C3)ncn2)cc1. The van der Waals surface area contributed by atoms with Crippen LogP contribution in [0.5, 0.6) is 0 Å². The third-order valence-electron chi connectivity index (χ3n) is 4.22. The minimum atomic E-state index is 0.807. The Hall–Kier alpha value is -2.40. The molecule has 24 heavy (non-hydrogen) atoms. The fourth-order valence-corrected chi connectivity index (χ4v) is 3.23. The van der Waals surface area contributed by atoms with E-state index in [2.05, 4.69) is 60.4 Å². The van der Waals surface area contributed by atoms with Crippen molar-refractivity contribution in [1.82, 2.24) is 9.97 Å². The standard InChI is InChI=1S/C19H17BrN4/c20-16-5-7-17(8-6-16)23-18-11-19(22-13-21-18)24-10-9-14-3-1-2-4-15(14)12-24/h1-8,11,13H,9-10,12H2,(H,21,22,23). The molecule has 0 aliphatic carbocycles. The number of hydrogen-bond acceptors (Lipinski definition) is 4. The number of benzene rings is 2. The van der Waals surface area contributed by atoms with E-state index in [0.29, 0.717) is 0 Å². The van der Waals surface area contributed by atoms with Crippen LogP contribution in [0.3, 0.4) is 0 Å². The summed E-state index contributed by atoms with van der Waals surface area (Å²) in [6, 6.07) is 18.7. The van der Waals surface area contributed by atoms with E-state index in [0.717, 1.165) is 41.3 Å². The second kappa shape index (κ2) is 6.61. The Bertz CT molecular complexity index is 848. The fourth-order valence-electron chi connectivity index (χ4n) is 2.96. The molecule has 120 valence electrons. The van der Waals surface area contributed by atoms with Gasteiger partial charge in [-0.2, -0.15) is 0 Å². The predicted molar refractivity (Wildman–Crippen MR) is 101 cm³/mol. The third-order valence-corrected chi connectivity index (χ3v) is 4.75. The summed E-state index contributed by atoms with van der Waals surface area (Å²) in [4.78, 5) is 11.1. The maximum Gasteiger partial charge on any atom is 0.135 e. The molecule has 0 amide bonds. The first-order valence-electron chi connectivity index (χ1n) is 7.94. The number of hydrogen-bond donors (Lipinski definition) is 1. The van der Waals surface area contributed by atoms with E-state index in [-0.39, 0.29) is 0 Å². The lowest BCUT2D eigenvalue weighted by Crippen LogP contribution is -2.31. The first-order chi connectivity index (χ1) is 11.8. The quantitative estimate of drug-likeness (QED) is 0.723.